The molecule has 2 fully saturated rings. The highest BCUT2D eigenvalue weighted by atomic mass is 19.2. The quantitative estimate of drug-likeness (QED) is 0.366. The summed E-state index contributed by atoms with van der Waals surface area (Å²) >= 11 is 0. The minimum absolute atomic E-state index is 0.0447. The molecule has 0 saturated heterocycles. The number of rotatable bonds is 7. The molecule has 0 aromatic heterocycles. The third kappa shape index (κ3) is 5.87. The van der Waals surface area contributed by atoms with Gasteiger partial charge in [-0.15, -0.1) is 0 Å². The highest BCUT2D eigenvalue weighted by Crippen LogP contribution is 2.40. The van der Waals surface area contributed by atoms with Crippen LogP contribution in [0.5, 0.6) is 5.75 Å². The van der Waals surface area contributed by atoms with E-state index in [1.165, 1.54) is 57.4 Å². The van der Waals surface area contributed by atoms with Crippen molar-refractivity contribution in [1.29, 1.82) is 0 Å². The molecule has 0 aliphatic heterocycles. The lowest BCUT2D eigenvalue weighted by Crippen LogP contribution is -2.14. The van der Waals surface area contributed by atoms with Gasteiger partial charge in [-0.25, -0.2) is 8.78 Å². The molecular weight excluding hydrogens is 433 g/mol. The third-order valence-corrected chi connectivity index (χ3v) is 8.08. The van der Waals surface area contributed by atoms with Gasteiger partial charge in [-0.3, -0.25) is 0 Å². The summed E-state index contributed by atoms with van der Waals surface area (Å²) in [6.45, 7) is 2.36. The summed E-state index contributed by atoms with van der Waals surface area (Å²) in [6.07, 6.45) is 16.8. The summed E-state index contributed by atoms with van der Waals surface area (Å²) in [6, 6.07) is 7.59. The molecule has 0 atom stereocenters. The van der Waals surface area contributed by atoms with E-state index in [9.17, 15) is 13.2 Å². The molecule has 184 valence electrons. The van der Waals surface area contributed by atoms with Crippen LogP contribution in [-0.4, -0.2) is 7.11 Å². The van der Waals surface area contributed by atoms with Crippen LogP contribution in [0.1, 0.15) is 82.6 Å². The largest absolute Gasteiger partial charge is 0.494 e. The van der Waals surface area contributed by atoms with E-state index in [1.807, 2.05) is 0 Å². The summed E-state index contributed by atoms with van der Waals surface area (Å²) in [5.41, 5.74) is 1.08. The molecule has 2 saturated carbocycles. The number of hydrogen-bond donors (Lipinski definition) is 0. The zero-order valence-electron chi connectivity index (χ0n) is 20.5. The molecule has 0 radical (unpaired) electrons. The van der Waals surface area contributed by atoms with E-state index in [2.05, 4.69) is 19.1 Å². The van der Waals surface area contributed by atoms with E-state index in [0.29, 0.717) is 17.0 Å². The molecule has 2 aromatic carbocycles. The van der Waals surface area contributed by atoms with Gasteiger partial charge < -0.3 is 4.74 Å². The maximum Gasteiger partial charge on any atom is 0.201 e. The predicted octanol–water partition coefficient (Wildman–Crippen LogP) is 9.22. The van der Waals surface area contributed by atoms with Crippen molar-refractivity contribution in [3.05, 3.63) is 65.5 Å². The number of halogens is 3. The van der Waals surface area contributed by atoms with E-state index in [4.69, 9.17) is 4.74 Å². The van der Waals surface area contributed by atoms with Crippen molar-refractivity contribution in [2.45, 2.75) is 77.0 Å². The number of hydrogen-bond acceptors (Lipinski definition) is 1. The van der Waals surface area contributed by atoms with Gasteiger partial charge in [-0.05, 0) is 104 Å². The maximum absolute atomic E-state index is 15.0. The predicted molar refractivity (Wildman–Crippen MR) is 132 cm³/mol. The Morgan fingerprint density at radius 3 is 2.29 bits per heavy atom. The lowest BCUT2D eigenvalue weighted by molar-refractivity contribution is 0.307. The Labute approximate surface area is 202 Å². The minimum atomic E-state index is -1.05. The highest BCUT2D eigenvalue weighted by molar-refractivity contribution is 5.66. The first-order chi connectivity index (χ1) is 16.5. The second-order valence-corrected chi connectivity index (χ2v) is 10.4. The fourth-order valence-electron chi connectivity index (χ4n) is 5.80. The Bertz CT molecular complexity index is 983. The van der Waals surface area contributed by atoms with E-state index >= 15 is 0 Å². The molecule has 2 aliphatic rings. The normalized spacial score (nSPS) is 25.6. The third-order valence-electron chi connectivity index (χ3n) is 8.08. The SMILES string of the molecule is COc1ccc(-c2ccc(C3CCC(CC/C=C/C4CCC(C)CC4)CC3)c(F)c2)c(F)c1F. The number of benzene rings is 2. The van der Waals surface area contributed by atoms with Crippen LogP contribution in [-0.2, 0) is 0 Å². The molecule has 34 heavy (non-hydrogen) atoms. The van der Waals surface area contributed by atoms with Crippen LogP contribution in [0.3, 0.4) is 0 Å². The van der Waals surface area contributed by atoms with Gasteiger partial charge in [0.25, 0.3) is 0 Å². The number of methoxy groups -OCH3 is 1. The van der Waals surface area contributed by atoms with Gasteiger partial charge in [0.15, 0.2) is 11.6 Å². The molecule has 1 nitrogen and oxygen atoms in total. The van der Waals surface area contributed by atoms with Crippen molar-refractivity contribution in [2.75, 3.05) is 7.11 Å². The zero-order chi connectivity index (χ0) is 24.1. The van der Waals surface area contributed by atoms with Crippen molar-refractivity contribution >= 4 is 0 Å². The fourth-order valence-corrected chi connectivity index (χ4v) is 5.80. The maximum atomic E-state index is 15.0. The zero-order valence-corrected chi connectivity index (χ0v) is 20.5. The molecule has 4 rings (SSSR count). The summed E-state index contributed by atoms with van der Waals surface area (Å²) in [4.78, 5) is 0. The Morgan fingerprint density at radius 1 is 0.882 bits per heavy atom. The molecule has 0 N–H and O–H groups in total. The second-order valence-electron chi connectivity index (χ2n) is 10.4. The molecule has 2 aromatic rings. The number of ether oxygens (including phenoxy) is 1. The van der Waals surface area contributed by atoms with Crippen LogP contribution in [0.15, 0.2) is 42.5 Å². The molecule has 4 heteroatoms. The monoisotopic (exact) mass is 470 g/mol. The fraction of sp³-hybridized carbons (Fsp3) is 0.533. The molecule has 0 unspecified atom stereocenters. The minimum Gasteiger partial charge on any atom is -0.494 e. The highest BCUT2D eigenvalue weighted by Gasteiger charge is 2.25. The van der Waals surface area contributed by atoms with Crippen molar-refractivity contribution in [3.63, 3.8) is 0 Å². The van der Waals surface area contributed by atoms with Crippen molar-refractivity contribution in [3.8, 4) is 16.9 Å². The van der Waals surface area contributed by atoms with Crippen LogP contribution >= 0.6 is 0 Å². The van der Waals surface area contributed by atoms with E-state index in [1.54, 1.807) is 12.1 Å². The van der Waals surface area contributed by atoms with Crippen LogP contribution in [0, 0.1) is 35.2 Å². The lowest BCUT2D eigenvalue weighted by Gasteiger charge is -2.29. The first-order valence-electron chi connectivity index (χ1n) is 12.9. The Balaban J connectivity index is 1.29. The van der Waals surface area contributed by atoms with Gasteiger partial charge >= 0.3 is 0 Å². The van der Waals surface area contributed by atoms with Crippen molar-refractivity contribution in [2.24, 2.45) is 17.8 Å². The summed E-state index contributed by atoms with van der Waals surface area (Å²) in [5, 5.41) is 0. The molecular formula is C30H37F3O. The molecule has 2 aliphatic carbocycles. The lowest BCUT2D eigenvalue weighted by atomic mass is 9.76. The standard InChI is InChI=1S/C30H37F3O/c1-20-7-9-21(10-8-20)5-3-4-6-22-11-13-23(14-12-22)25-16-15-24(19-27(25)31)26-17-18-28(34-2)30(33)29(26)32/h3,5,15-23H,4,6-14H2,1-2H3/b5-3+. The molecule has 0 spiro atoms. The average molecular weight is 471 g/mol. The summed E-state index contributed by atoms with van der Waals surface area (Å²) in [7, 11) is 1.29. The van der Waals surface area contributed by atoms with E-state index in [0.717, 1.165) is 43.9 Å². The van der Waals surface area contributed by atoms with Crippen molar-refractivity contribution in [1.82, 2.24) is 0 Å². The Morgan fingerprint density at radius 2 is 1.62 bits per heavy atom. The molecule has 0 amide bonds. The van der Waals surface area contributed by atoms with Crippen LogP contribution < -0.4 is 4.74 Å². The Kier molecular flexibility index (Phi) is 8.39. The first kappa shape index (κ1) is 24.9. The average Bonchev–Trinajstić information content (AvgIpc) is 2.85. The van der Waals surface area contributed by atoms with E-state index in [-0.39, 0.29) is 23.0 Å². The van der Waals surface area contributed by atoms with Crippen LogP contribution in [0.2, 0.25) is 0 Å². The topological polar surface area (TPSA) is 9.23 Å². The van der Waals surface area contributed by atoms with Gasteiger partial charge in [0.2, 0.25) is 5.82 Å². The second kappa shape index (κ2) is 11.5. The summed E-state index contributed by atoms with van der Waals surface area (Å²) in [5.74, 6) is 0.0300. The smallest absolute Gasteiger partial charge is 0.201 e. The van der Waals surface area contributed by atoms with Gasteiger partial charge in [0.05, 0.1) is 7.11 Å². The number of allylic oxidation sites excluding steroid dienone is 2. The molecule has 0 bridgehead atoms. The van der Waals surface area contributed by atoms with E-state index < -0.39 is 11.6 Å². The first-order valence-corrected chi connectivity index (χ1v) is 12.9. The van der Waals surface area contributed by atoms with Crippen LogP contribution in [0.4, 0.5) is 13.2 Å². The molecule has 0 heterocycles. The van der Waals surface area contributed by atoms with Gasteiger partial charge in [0, 0.05) is 5.56 Å². The van der Waals surface area contributed by atoms with Gasteiger partial charge in [-0.2, -0.15) is 4.39 Å². The van der Waals surface area contributed by atoms with Crippen LogP contribution in [0.25, 0.3) is 11.1 Å². The van der Waals surface area contributed by atoms with Gasteiger partial charge in [-0.1, -0.05) is 44.1 Å². The van der Waals surface area contributed by atoms with Crippen molar-refractivity contribution < 1.29 is 17.9 Å². The summed E-state index contributed by atoms with van der Waals surface area (Å²) < 4.78 is 48.3. The van der Waals surface area contributed by atoms with Gasteiger partial charge in [0.1, 0.15) is 5.82 Å². The Hall–Kier alpha value is -2.23.